The predicted octanol–water partition coefficient (Wildman–Crippen LogP) is 3.69. The van der Waals surface area contributed by atoms with Crippen LogP contribution in [0.5, 0.6) is 5.75 Å². The van der Waals surface area contributed by atoms with Crippen LogP contribution in [0.25, 0.3) is 0 Å². The van der Waals surface area contributed by atoms with Gasteiger partial charge in [-0.3, -0.25) is 4.31 Å². The zero-order valence-electron chi connectivity index (χ0n) is 13.6. The maximum Gasteiger partial charge on any atom is 0.264 e. The second-order valence-electron chi connectivity index (χ2n) is 5.29. The van der Waals surface area contributed by atoms with Gasteiger partial charge in [0.2, 0.25) is 0 Å². The Morgan fingerprint density at radius 1 is 1.13 bits per heavy atom. The van der Waals surface area contributed by atoms with E-state index in [4.69, 9.17) is 4.74 Å². The number of nitrogens with zero attached hydrogens (tertiary/aromatic N) is 1. The average molecular weight is 331 g/mol. The van der Waals surface area contributed by atoms with Gasteiger partial charge in [-0.1, -0.05) is 18.2 Å². The van der Waals surface area contributed by atoms with Crippen LogP contribution >= 0.6 is 0 Å². The highest BCUT2D eigenvalue weighted by molar-refractivity contribution is 7.92. The summed E-state index contributed by atoms with van der Waals surface area (Å²) in [6, 6.07) is 12.1. The van der Waals surface area contributed by atoms with E-state index in [9.17, 15) is 8.42 Å². The monoisotopic (exact) mass is 331 g/mol. The van der Waals surface area contributed by atoms with Crippen LogP contribution in [-0.2, 0) is 10.0 Å². The fourth-order valence-electron chi connectivity index (χ4n) is 2.31. The molecule has 2 aromatic rings. The number of benzene rings is 2. The van der Waals surface area contributed by atoms with Crippen LogP contribution in [0, 0.1) is 13.8 Å². The molecule has 0 bridgehead atoms. The number of rotatable bonds is 6. The molecular formula is C18H21NO3S. The molecular weight excluding hydrogens is 310 g/mol. The first kappa shape index (κ1) is 17.1. The lowest BCUT2D eigenvalue weighted by atomic mass is 10.1. The highest BCUT2D eigenvalue weighted by Crippen LogP contribution is 2.28. The van der Waals surface area contributed by atoms with Gasteiger partial charge in [0.05, 0.1) is 24.2 Å². The molecule has 0 aromatic heterocycles. The van der Waals surface area contributed by atoms with E-state index in [1.807, 2.05) is 32.0 Å². The van der Waals surface area contributed by atoms with Gasteiger partial charge >= 0.3 is 0 Å². The molecule has 0 atom stereocenters. The first-order chi connectivity index (χ1) is 10.9. The zero-order valence-corrected chi connectivity index (χ0v) is 14.4. The standard InChI is InChI=1S/C18H21NO3S/c1-5-12-19(18-13-14(2)6-7-15(18)3)23(20,21)17-10-8-16(22-4)9-11-17/h5-11,13H,1,12H2,2-4H3. The molecule has 0 aliphatic carbocycles. The van der Waals surface area contributed by atoms with Gasteiger partial charge in [-0.15, -0.1) is 6.58 Å². The van der Waals surface area contributed by atoms with Gasteiger partial charge in [-0.05, 0) is 55.3 Å². The third-order valence-electron chi connectivity index (χ3n) is 3.58. The lowest BCUT2D eigenvalue weighted by Crippen LogP contribution is -2.31. The maximum absolute atomic E-state index is 13.0. The minimum Gasteiger partial charge on any atom is -0.497 e. The number of hydrogen-bond acceptors (Lipinski definition) is 3. The van der Waals surface area contributed by atoms with Gasteiger partial charge in [0.1, 0.15) is 5.75 Å². The average Bonchev–Trinajstić information content (AvgIpc) is 2.55. The van der Waals surface area contributed by atoms with Crippen LogP contribution in [0.4, 0.5) is 5.69 Å². The van der Waals surface area contributed by atoms with Crippen molar-refractivity contribution in [1.82, 2.24) is 0 Å². The van der Waals surface area contributed by atoms with E-state index >= 15 is 0 Å². The fourth-order valence-corrected chi connectivity index (χ4v) is 3.80. The summed E-state index contributed by atoms with van der Waals surface area (Å²) in [5.41, 5.74) is 2.57. The minimum absolute atomic E-state index is 0.207. The predicted molar refractivity (Wildman–Crippen MR) is 93.6 cm³/mol. The van der Waals surface area contributed by atoms with Gasteiger partial charge in [0, 0.05) is 0 Å². The Morgan fingerprint density at radius 3 is 2.35 bits per heavy atom. The van der Waals surface area contributed by atoms with Gasteiger partial charge < -0.3 is 4.74 Å². The summed E-state index contributed by atoms with van der Waals surface area (Å²) < 4.78 is 32.5. The van der Waals surface area contributed by atoms with E-state index in [0.29, 0.717) is 11.4 Å². The Morgan fingerprint density at radius 2 is 1.78 bits per heavy atom. The Hall–Kier alpha value is -2.27. The van der Waals surface area contributed by atoms with Gasteiger partial charge in [-0.25, -0.2) is 8.42 Å². The topological polar surface area (TPSA) is 46.6 Å². The van der Waals surface area contributed by atoms with Crippen molar-refractivity contribution in [3.8, 4) is 5.75 Å². The zero-order chi connectivity index (χ0) is 17.0. The highest BCUT2D eigenvalue weighted by atomic mass is 32.2. The van der Waals surface area contributed by atoms with E-state index in [1.165, 1.54) is 4.31 Å². The third kappa shape index (κ3) is 3.56. The summed E-state index contributed by atoms with van der Waals surface area (Å²) >= 11 is 0. The summed E-state index contributed by atoms with van der Waals surface area (Å²) in [5.74, 6) is 0.617. The molecule has 23 heavy (non-hydrogen) atoms. The molecule has 0 aliphatic rings. The molecule has 0 heterocycles. The van der Waals surface area contributed by atoms with E-state index in [0.717, 1.165) is 11.1 Å². The number of methoxy groups -OCH3 is 1. The quantitative estimate of drug-likeness (QED) is 0.758. The molecule has 4 nitrogen and oxygen atoms in total. The SMILES string of the molecule is C=CCN(c1cc(C)ccc1C)S(=O)(=O)c1ccc(OC)cc1. The molecule has 5 heteroatoms. The molecule has 0 saturated carbocycles. The van der Waals surface area contributed by atoms with Crippen LogP contribution in [0.3, 0.4) is 0 Å². The largest absolute Gasteiger partial charge is 0.497 e. The van der Waals surface area contributed by atoms with Crippen LogP contribution < -0.4 is 9.04 Å². The molecule has 0 amide bonds. The second-order valence-corrected chi connectivity index (χ2v) is 7.15. The Kier molecular flexibility index (Phi) is 5.11. The molecule has 2 rings (SSSR count). The normalized spacial score (nSPS) is 11.1. The number of ether oxygens (including phenoxy) is 1. The lowest BCUT2D eigenvalue weighted by molar-refractivity contribution is 0.414. The van der Waals surface area contributed by atoms with Crippen molar-refractivity contribution in [3.63, 3.8) is 0 Å². The highest BCUT2D eigenvalue weighted by Gasteiger charge is 2.25. The first-order valence-corrected chi connectivity index (χ1v) is 8.69. The molecule has 2 aromatic carbocycles. The molecule has 0 fully saturated rings. The number of sulfonamides is 1. The summed E-state index contributed by atoms with van der Waals surface area (Å²) in [4.78, 5) is 0.223. The number of aryl methyl sites for hydroxylation is 2. The molecule has 0 radical (unpaired) electrons. The van der Waals surface area contributed by atoms with E-state index in [-0.39, 0.29) is 11.4 Å². The molecule has 0 unspecified atom stereocenters. The summed E-state index contributed by atoms with van der Waals surface area (Å²) in [6.07, 6.45) is 1.59. The van der Waals surface area contributed by atoms with Crippen molar-refractivity contribution in [1.29, 1.82) is 0 Å². The van der Waals surface area contributed by atoms with Gasteiger partial charge in [0.15, 0.2) is 0 Å². The molecule has 0 N–H and O–H groups in total. The summed E-state index contributed by atoms with van der Waals surface area (Å²) in [6.45, 7) is 7.73. The molecule has 0 saturated heterocycles. The fraction of sp³-hybridized carbons (Fsp3) is 0.222. The molecule has 0 aliphatic heterocycles. The summed E-state index contributed by atoms with van der Waals surface area (Å²) in [5, 5.41) is 0. The molecule has 0 spiro atoms. The number of anilines is 1. The van der Waals surface area contributed by atoms with Crippen molar-refractivity contribution in [2.75, 3.05) is 18.0 Å². The van der Waals surface area contributed by atoms with Crippen molar-refractivity contribution >= 4 is 15.7 Å². The minimum atomic E-state index is -3.67. The Bertz CT molecular complexity index is 796. The first-order valence-electron chi connectivity index (χ1n) is 7.25. The van der Waals surface area contributed by atoms with Crippen LogP contribution in [0.1, 0.15) is 11.1 Å². The van der Waals surface area contributed by atoms with Crippen LogP contribution in [-0.4, -0.2) is 22.1 Å². The third-order valence-corrected chi connectivity index (χ3v) is 5.37. The maximum atomic E-state index is 13.0. The summed E-state index contributed by atoms with van der Waals surface area (Å²) in [7, 11) is -2.13. The van der Waals surface area contributed by atoms with Crippen LogP contribution in [0.15, 0.2) is 60.0 Å². The van der Waals surface area contributed by atoms with E-state index in [2.05, 4.69) is 6.58 Å². The molecule has 122 valence electrons. The van der Waals surface area contributed by atoms with Gasteiger partial charge in [-0.2, -0.15) is 0 Å². The van der Waals surface area contributed by atoms with Crippen molar-refractivity contribution in [3.05, 3.63) is 66.2 Å². The number of hydrogen-bond donors (Lipinski definition) is 0. The van der Waals surface area contributed by atoms with Crippen molar-refractivity contribution in [2.24, 2.45) is 0 Å². The van der Waals surface area contributed by atoms with Crippen molar-refractivity contribution < 1.29 is 13.2 Å². The van der Waals surface area contributed by atoms with E-state index < -0.39 is 10.0 Å². The lowest BCUT2D eigenvalue weighted by Gasteiger charge is -2.25. The van der Waals surface area contributed by atoms with E-state index in [1.54, 1.807) is 37.5 Å². The smallest absolute Gasteiger partial charge is 0.264 e. The second kappa shape index (κ2) is 6.87. The van der Waals surface area contributed by atoms with Gasteiger partial charge in [0.25, 0.3) is 10.0 Å². The van der Waals surface area contributed by atoms with Crippen molar-refractivity contribution in [2.45, 2.75) is 18.7 Å². The Balaban J connectivity index is 2.54. The van der Waals surface area contributed by atoms with Crippen LogP contribution in [0.2, 0.25) is 0 Å². The Labute approximate surface area is 138 Å².